The second-order valence-corrected chi connectivity index (χ2v) is 8.55. The molecule has 0 bridgehead atoms. The Morgan fingerprint density at radius 3 is 2.62 bits per heavy atom. The summed E-state index contributed by atoms with van der Waals surface area (Å²) in [6, 6.07) is 3.24. The molecule has 1 aliphatic rings. The molecule has 4 unspecified atom stereocenters. The molecule has 184 valence electrons. The van der Waals surface area contributed by atoms with E-state index in [-0.39, 0.29) is 18.7 Å². The first kappa shape index (κ1) is 25.5. The van der Waals surface area contributed by atoms with Crippen molar-refractivity contribution in [3.63, 3.8) is 0 Å². The SMILES string of the molecule is NC(CS)C(=O)NC(Cc1c[nH]c2ccccc12)C(=O)N1CCCC1C(=O)NC(CO)C(=O)O. The van der Waals surface area contributed by atoms with Crippen LogP contribution in [-0.4, -0.2) is 86.9 Å². The number of likely N-dealkylation sites (tertiary alicyclic amines) is 1. The Labute approximate surface area is 201 Å². The van der Waals surface area contributed by atoms with Crippen molar-refractivity contribution in [1.29, 1.82) is 0 Å². The lowest BCUT2D eigenvalue weighted by Gasteiger charge is -2.29. The van der Waals surface area contributed by atoms with Gasteiger partial charge in [0.05, 0.1) is 12.6 Å². The summed E-state index contributed by atoms with van der Waals surface area (Å²) in [6.45, 7) is -0.505. The van der Waals surface area contributed by atoms with Crippen LogP contribution < -0.4 is 16.4 Å². The van der Waals surface area contributed by atoms with E-state index in [9.17, 15) is 24.3 Å². The molecular weight excluding hydrogens is 462 g/mol. The van der Waals surface area contributed by atoms with Gasteiger partial charge in [-0.15, -0.1) is 0 Å². The zero-order valence-electron chi connectivity index (χ0n) is 18.4. The van der Waals surface area contributed by atoms with Crippen LogP contribution in [-0.2, 0) is 25.6 Å². The normalized spacial score (nSPS) is 18.3. The van der Waals surface area contributed by atoms with E-state index in [4.69, 9.17) is 10.8 Å². The zero-order valence-corrected chi connectivity index (χ0v) is 19.3. The number of hydrogen-bond donors (Lipinski definition) is 7. The van der Waals surface area contributed by atoms with Gasteiger partial charge in [0, 0.05) is 35.8 Å². The molecule has 7 N–H and O–H groups in total. The summed E-state index contributed by atoms with van der Waals surface area (Å²) < 4.78 is 0. The fraction of sp³-hybridized carbons (Fsp3) is 0.455. The lowest BCUT2D eigenvalue weighted by Crippen LogP contribution is -2.57. The molecular formula is C22H29N5O6S. The number of benzene rings is 1. The average Bonchev–Trinajstić information content (AvgIpc) is 3.48. The smallest absolute Gasteiger partial charge is 0.328 e. The fourth-order valence-corrected chi connectivity index (χ4v) is 4.20. The van der Waals surface area contributed by atoms with Crippen LogP contribution in [0.5, 0.6) is 0 Å². The van der Waals surface area contributed by atoms with E-state index in [2.05, 4.69) is 28.2 Å². The van der Waals surface area contributed by atoms with Crippen molar-refractivity contribution in [3.05, 3.63) is 36.0 Å². The molecule has 2 heterocycles. The summed E-state index contributed by atoms with van der Waals surface area (Å²) in [5, 5.41) is 24.2. The van der Waals surface area contributed by atoms with Gasteiger partial charge in [0.1, 0.15) is 18.1 Å². The quantitative estimate of drug-likeness (QED) is 0.208. The molecule has 2 aromatic rings. The van der Waals surface area contributed by atoms with Crippen molar-refractivity contribution < 1.29 is 29.4 Å². The summed E-state index contributed by atoms with van der Waals surface area (Å²) >= 11 is 4.04. The van der Waals surface area contributed by atoms with Crippen LogP contribution >= 0.6 is 12.6 Å². The zero-order chi connectivity index (χ0) is 24.8. The predicted molar refractivity (Wildman–Crippen MR) is 127 cm³/mol. The third-order valence-corrected chi connectivity index (χ3v) is 6.28. The largest absolute Gasteiger partial charge is 0.480 e. The van der Waals surface area contributed by atoms with Crippen LogP contribution in [0.15, 0.2) is 30.5 Å². The topological polar surface area (TPSA) is 178 Å². The standard InChI is InChI=1S/C22H29N5O6S/c23-14(11-34)19(29)25-16(8-12-9-24-15-5-2-1-4-13(12)15)21(31)27-7-3-6-18(27)20(30)26-17(10-28)22(32)33/h1-2,4-5,9,14,16-18,24,28,34H,3,6-8,10-11,23H2,(H,25,29)(H,26,30)(H,32,33). The number of nitrogens with one attached hydrogen (secondary N) is 3. The number of aromatic amines is 1. The number of para-hydroxylation sites is 1. The number of rotatable bonds is 10. The highest BCUT2D eigenvalue weighted by molar-refractivity contribution is 7.80. The molecule has 34 heavy (non-hydrogen) atoms. The van der Waals surface area contributed by atoms with Crippen LogP contribution in [0.25, 0.3) is 10.9 Å². The van der Waals surface area contributed by atoms with Crippen molar-refractivity contribution >= 4 is 47.2 Å². The number of fused-ring (bicyclic) bond motifs is 1. The summed E-state index contributed by atoms with van der Waals surface area (Å²) in [7, 11) is 0. The van der Waals surface area contributed by atoms with Crippen LogP contribution in [0, 0.1) is 0 Å². The minimum Gasteiger partial charge on any atom is -0.480 e. The van der Waals surface area contributed by atoms with E-state index in [0.29, 0.717) is 12.8 Å². The van der Waals surface area contributed by atoms with Gasteiger partial charge >= 0.3 is 5.97 Å². The van der Waals surface area contributed by atoms with Crippen molar-refractivity contribution in [2.75, 3.05) is 18.9 Å². The van der Waals surface area contributed by atoms with Crippen LogP contribution in [0.2, 0.25) is 0 Å². The van der Waals surface area contributed by atoms with Gasteiger partial charge in [0.2, 0.25) is 17.7 Å². The molecule has 1 aromatic carbocycles. The van der Waals surface area contributed by atoms with Crippen LogP contribution in [0.3, 0.4) is 0 Å². The molecule has 1 aliphatic heterocycles. The van der Waals surface area contributed by atoms with Crippen molar-refractivity contribution in [2.24, 2.45) is 5.73 Å². The Bertz CT molecular complexity index is 1060. The lowest BCUT2D eigenvalue weighted by molar-refractivity contribution is -0.145. The summed E-state index contributed by atoms with van der Waals surface area (Å²) in [5.41, 5.74) is 7.48. The maximum Gasteiger partial charge on any atom is 0.328 e. The number of H-pyrrole nitrogens is 1. The number of hydrogen-bond acceptors (Lipinski definition) is 7. The monoisotopic (exact) mass is 491 g/mol. The number of carbonyl (C=O) groups excluding carboxylic acids is 3. The molecule has 0 saturated carbocycles. The van der Waals surface area contributed by atoms with Gasteiger partial charge < -0.3 is 36.5 Å². The molecule has 3 rings (SSSR count). The van der Waals surface area contributed by atoms with Gasteiger partial charge in [-0.05, 0) is 24.5 Å². The third-order valence-electron chi connectivity index (χ3n) is 5.88. The van der Waals surface area contributed by atoms with E-state index in [1.54, 1.807) is 6.20 Å². The highest BCUT2D eigenvalue weighted by atomic mass is 32.1. The van der Waals surface area contributed by atoms with E-state index in [1.807, 2.05) is 24.3 Å². The number of thiol groups is 1. The highest BCUT2D eigenvalue weighted by Gasteiger charge is 2.39. The molecule has 0 aliphatic carbocycles. The molecule has 12 heteroatoms. The molecule has 1 aromatic heterocycles. The first-order valence-electron chi connectivity index (χ1n) is 10.9. The van der Waals surface area contributed by atoms with Crippen molar-refractivity contribution in [2.45, 2.75) is 43.4 Å². The number of aliphatic hydroxyl groups is 1. The molecule has 0 radical (unpaired) electrons. The summed E-state index contributed by atoms with van der Waals surface area (Å²) in [6.07, 6.45) is 2.79. The summed E-state index contributed by atoms with van der Waals surface area (Å²) in [5.74, 6) is -2.97. The van der Waals surface area contributed by atoms with E-state index in [0.717, 1.165) is 16.5 Å². The van der Waals surface area contributed by atoms with Crippen molar-refractivity contribution in [1.82, 2.24) is 20.5 Å². The molecule has 4 atom stereocenters. The summed E-state index contributed by atoms with van der Waals surface area (Å²) in [4.78, 5) is 54.5. The number of carboxylic acids is 1. The van der Waals surface area contributed by atoms with Gasteiger partial charge in [-0.25, -0.2) is 4.79 Å². The average molecular weight is 492 g/mol. The lowest BCUT2D eigenvalue weighted by atomic mass is 10.0. The van der Waals surface area contributed by atoms with Gasteiger partial charge in [-0.1, -0.05) is 18.2 Å². The number of aliphatic hydroxyl groups excluding tert-OH is 1. The van der Waals surface area contributed by atoms with E-state index < -0.39 is 54.5 Å². The Balaban J connectivity index is 1.83. The van der Waals surface area contributed by atoms with Crippen LogP contribution in [0.4, 0.5) is 0 Å². The maximum atomic E-state index is 13.6. The van der Waals surface area contributed by atoms with E-state index >= 15 is 0 Å². The Hall–Kier alpha value is -3.09. The minimum atomic E-state index is -1.47. The second-order valence-electron chi connectivity index (χ2n) is 8.19. The Kier molecular flexibility index (Phi) is 8.53. The number of nitrogens with zero attached hydrogens (tertiary/aromatic N) is 1. The van der Waals surface area contributed by atoms with E-state index in [1.165, 1.54) is 4.90 Å². The third kappa shape index (κ3) is 5.69. The molecule has 11 nitrogen and oxygen atoms in total. The fourth-order valence-electron chi connectivity index (χ4n) is 4.04. The van der Waals surface area contributed by atoms with Gasteiger partial charge in [0.25, 0.3) is 0 Å². The van der Waals surface area contributed by atoms with Gasteiger partial charge in [0.15, 0.2) is 0 Å². The molecule has 1 saturated heterocycles. The first-order valence-corrected chi connectivity index (χ1v) is 11.6. The number of aliphatic carboxylic acids is 1. The highest BCUT2D eigenvalue weighted by Crippen LogP contribution is 2.23. The minimum absolute atomic E-state index is 0.0896. The molecule has 0 spiro atoms. The van der Waals surface area contributed by atoms with Gasteiger partial charge in [-0.3, -0.25) is 14.4 Å². The molecule has 1 fully saturated rings. The number of aromatic nitrogens is 1. The van der Waals surface area contributed by atoms with Gasteiger partial charge in [-0.2, -0.15) is 12.6 Å². The van der Waals surface area contributed by atoms with Crippen molar-refractivity contribution in [3.8, 4) is 0 Å². The first-order chi connectivity index (χ1) is 16.3. The number of carbonyl (C=O) groups is 4. The maximum absolute atomic E-state index is 13.6. The van der Waals surface area contributed by atoms with Crippen LogP contribution in [0.1, 0.15) is 18.4 Å². The number of amides is 3. The Morgan fingerprint density at radius 1 is 1.21 bits per heavy atom. The second kappa shape index (κ2) is 11.4. The number of nitrogens with two attached hydrogens (primary N) is 1. The number of carboxylic acid groups (broad SMARTS) is 1. The molecule has 3 amide bonds. The Morgan fingerprint density at radius 2 is 1.94 bits per heavy atom. The predicted octanol–water partition coefficient (Wildman–Crippen LogP) is -0.995.